The van der Waals surface area contributed by atoms with E-state index in [9.17, 15) is 0 Å². The Bertz CT molecular complexity index is 366. The van der Waals surface area contributed by atoms with Gasteiger partial charge in [-0.25, -0.2) is 0 Å². The van der Waals surface area contributed by atoms with E-state index < -0.39 is 0 Å². The van der Waals surface area contributed by atoms with E-state index in [4.69, 9.17) is 24.7 Å². The normalized spacial score (nSPS) is 10.7. The maximum atomic E-state index is 5.48. The average molecular weight is 299 g/mol. The first-order valence-corrected chi connectivity index (χ1v) is 7.26. The minimum absolute atomic E-state index is 0.336. The molecule has 0 fully saturated rings. The van der Waals surface area contributed by atoms with Crippen LogP contribution in [0.4, 0.5) is 5.82 Å². The largest absolute Gasteiger partial charge is 0.474 e. The van der Waals surface area contributed by atoms with Gasteiger partial charge in [0.15, 0.2) is 0 Å². The van der Waals surface area contributed by atoms with Crippen molar-refractivity contribution in [2.45, 2.75) is 19.8 Å². The summed E-state index contributed by atoms with van der Waals surface area (Å²) in [5.41, 5.74) is 5.48. The summed E-state index contributed by atoms with van der Waals surface area (Å²) in [5.74, 6) is 0.738. The molecular formula is C14H25N3O4. The molecule has 1 rings (SSSR count). The zero-order chi connectivity index (χ0) is 15.2. The van der Waals surface area contributed by atoms with Gasteiger partial charge in [0.05, 0.1) is 45.4 Å². The lowest BCUT2D eigenvalue weighted by atomic mass is 10.4. The van der Waals surface area contributed by atoms with Crippen LogP contribution in [0.1, 0.15) is 19.8 Å². The first kappa shape index (κ1) is 17.6. The third-order valence-corrected chi connectivity index (χ3v) is 2.49. The highest BCUT2D eigenvalue weighted by Crippen LogP contribution is 2.05. The maximum Gasteiger partial charge on any atom is 0.234 e. The van der Waals surface area contributed by atoms with Crippen molar-refractivity contribution in [3.63, 3.8) is 0 Å². The van der Waals surface area contributed by atoms with Crippen molar-refractivity contribution in [3.05, 3.63) is 12.4 Å². The fraction of sp³-hybridized carbons (Fsp3) is 0.714. The van der Waals surface area contributed by atoms with Crippen molar-refractivity contribution in [2.75, 3.05) is 52.0 Å². The van der Waals surface area contributed by atoms with Crippen molar-refractivity contribution >= 4 is 5.82 Å². The molecule has 0 aliphatic rings. The molecule has 1 aromatic rings. The number of anilines is 1. The number of ether oxygens (including phenoxy) is 4. The number of nitrogens with two attached hydrogens (primary N) is 1. The molecule has 0 bridgehead atoms. The van der Waals surface area contributed by atoms with Crippen LogP contribution in [-0.4, -0.2) is 56.2 Å². The highest BCUT2D eigenvalue weighted by atomic mass is 16.6. The standard InChI is InChI=1S/C14H25N3O4/c1-2-3-4-18-5-6-19-7-8-20-9-10-21-14-12-16-11-13(15)17-14/h11-12H,2-10H2,1H3,(H2,15,17). The van der Waals surface area contributed by atoms with E-state index >= 15 is 0 Å². The van der Waals surface area contributed by atoms with Gasteiger partial charge in [0.1, 0.15) is 12.4 Å². The second-order valence-corrected chi connectivity index (χ2v) is 4.32. The molecule has 7 heteroatoms. The lowest BCUT2D eigenvalue weighted by Crippen LogP contribution is -2.13. The summed E-state index contributed by atoms with van der Waals surface area (Å²) in [6, 6.07) is 0. The molecular weight excluding hydrogens is 274 g/mol. The second-order valence-electron chi connectivity index (χ2n) is 4.32. The van der Waals surface area contributed by atoms with Gasteiger partial charge in [-0.3, -0.25) is 4.98 Å². The molecule has 0 atom stereocenters. The van der Waals surface area contributed by atoms with Crippen molar-refractivity contribution in [3.8, 4) is 5.88 Å². The molecule has 0 saturated carbocycles. The Kier molecular flexibility index (Phi) is 10.3. The predicted octanol–water partition coefficient (Wildman–Crippen LogP) is 1.29. The Hall–Kier alpha value is -1.44. The highest BCUT2D eigenvalue weighted by molar-refractivity contribution is 5.25. The number of hydrogen-bond donors (Lipinski definition) is 1. The topological polar surface area (TPSA) is 88.7 Å². The Morgan fingerprint density at radius 1 is 0.905 bits per heavy atom. The fourth-order valence-electron chi connectivity index (χ4n) is 1.43. The quantitative estimate of drug-likeness (QED) is 0.549. The molecule has 120 valence electrons. The molecule has 0 aliphatic heterocycles. The lowest BCUT2D eigenvalue weighted by molar-refractivity contribution is 0.00871. The van der Waals surface area contributed by atoms with E-state index in [1.807, 2.05) is 0 Å². The van der Waals surface area contributed by atoms with Crippen LogP contribution in [0.5, 0.6) is 5.88 Å². The van der Waals surface area contributed by atoms with Crippen LogP contribution in [-0.2, 0) is 14.2 Å². The van der Waals surface area contributed by atoms with E-state index in [0.717, 1.165) is 19.4 Å². The van der Waals surface area contributed by atoms with Gasteiger partial charge < -0.3 is 24.7 Å². The van der Waals surface area contributed by atoms with Gasteiger partial charge in [-0.05, 0) is 6.42 Å². The molecule has 0 radical (unpaired) electrons. The summed E-state index contributed by atoms with van der Waals surface area (Å²) in [5, 5.41) is 0. The lowest BCUT2D eigenvalue weighted by Gasteiger charge is -2.07. The molecule has 0 unspecified atom stereocenters. The Balaban J connectivity index is 1.82. The van der Waals surface area contributed by atoms with E-state index in [-0.39, 0.29) is 0 Å². The Morgan fingerprint density at radius 2 is 1.52 bits per heavy atom. The Morgan fingerprint density at radius 3 is 2.14 bits per heavy atom. The summed E-state index contributed by atoms with van der Waals surface area (Å²) in [4.78, 5) is 7.84. The van der Waals surface area contributed by atoms with E-state index in [1.165, 1.54) is 12.4 Å². The zero-order valence-corrected chi connectivity index (χ0v) is 12.6. The molecule has 0 amide bonds. The summed E-state index contributed by atoms with van der Waals surface area (Å²) >= 11 is 0. The van der Waals surface area contributed by atoms with E-state index in [2.05, 4.69) is 16.9 Å². The van der Waals surface area contributed by atoms with Crippen molar-refractivity contribution in [2.24, 2.45) is 0 Å². The third kappa shape index (κ3) is 10.0. The second kappa shape index (κ2) is 12.3. The molecule has 21 heavy (non-hydrogen) atoms. The predicted molar refractivity (Wildman–Crippen MR) is 79.3 cm³/mol. The average Bonchev–Trinajstić information content (AvgIpc) is 2.48. The number of nitrogen functional groups attached to an aromatic ring is 1. The molecule has 0 spiro atoms. The van der Waals surface area contributed by atoms with Gasteiger partial charge in [0.25, 0.3) is 0 Å². The first-order valence-electron chi connectivity index (χ1n) is 7.26. The molecule has 0 aliphatic carbocycles. The van der Waals surface area contributed by atoms with Crippen LogP contribution in [0.25, 0.3) is 0 Å². The third-order valence-electron chi connectivity index (χ3n) is 2.49. The van der Waals surface area contributed by atoms with Crippen LogP contribution in [0, 0.1) is 0 Å². The van der Waals surface area contributed by atoms with Gasteiger partial charge in [-0.2, -0.15) is 4.98 Å². The minimum atomic E-state index is 0.336. The molecule has 1 aromatic heterocycles. The molecule has 0 aromatic carbocycles. The van der Waals surface area contributed by atoms with Gasteiger partial charge in [0.2, 0.25) is 5.88 Å². The van der Waals surface area contributed by atoms with Gasteiger partial charge in [-0.1, -0.05) is 13.3 Å². The van der Waals surface area contributed by atoms with Crippen molar-refractivity contribution in [1.29, 1.82) is 0 Å². The number of rotatable bonds is 13. The van der Waals surface area contributed by atoms with Crippen molar-refractivity contribution in [1.82, 2.24) is 9.97 Å². The highest BCUT2D eigenvalue weighted by Gasteiger charge is 1.97. The summed E-state index contributed by atoms with van der Waals surface area (Å²) in [7, 11) is 0. The number of aromatic nitrogens is 2. The van der Waals surface area contributed by atoms with E-state index in [1.54, 1.807) is 0 Å². The summed E-state index contributed by atoms with van der Waals surface area (Å²) in [6.07, 6.45) is 5.23. The number of hydrogen-bond acceptors (Lipinski definition) is 7. The smallest absolute Gasteiger partial charge is 0.234 e. The van der Waals surface area contributed by atoms with Crippen LogP contribution in [0.3, 0.4) is 0 Å². The maximum absolute atomic E-state index is 5.48. The zero-order valence-electron chi connectivity index (χ0n) is 12.6. The van der Waals surface area contributed by atoms with Crippen molar-refractivity contribution < 1.29 is 18.9 Å². The minimum Gasteiger partial charge on any atom is -0.474 e. The van der Waals surface area contributed by atoms with Crippen LogP contribution in [0.2, 0.25) is 0 Å². The molecule has 7 nitrogen and oxygen atoms in total. The molecule has 1 heterocycles. The molecule has 0 saturated heterocycles. The Labute approximate surface area is 125 Å². The van der Waals surface area contributed by atoms with Gasteiger partial charge in [-0.15, -0.1) is 0 Å². The summed E-state index contributed by atoms with van der Waals surface area (Å²) < 4.78 is 21.4. The van der Waals surface area contributed by atoms with E-state index in [0.29, 0.717) is 51.3 Å². The SMILES string of the molecule is CCCCOCCOCCOCCOc1cncc(N)n1. The first-order chi connectivity index (χ1) is 10.3. The van der Waals surface area contributed by atoms with Gasteiger partial charge in [0, 0.05) is 6.61 Å². The number of unbranched alkanes of at least 4 members (excludes halogenated alkanes) is 1. The monoisotopic (exact) mass is 299 g/mol. The fourth-order valence-corrected chi connectivity index (χ4v) is 1.43. The van der Waals surface area contributed by atoms with Crippen LogP contribution < -0.4 is 10.5 Å². The van der Waals surface area contributed by atoms with Crippen LogP contribution >= 0.6 is 0 Å². The van der Waals surface area contributed by atoms with Crippen LogP contribution in [0.15, 0.2) is 12.4 Å². The number of nitrogens with zero attached hydrogens (tertiary/aromatic N) is 2. The molecule has 2 N–H and O–H groups in total. The van der Waals surface area contributed by atoms with Gasteiger partial charge >= 0.3 is 0 Å². The summed E-state index contributed by atoms with van der Waals surface area (Å²) in [6.45, 7) is 6.13.